The van der Waals surface area contributed by atoms with Crippen molar-refractivity contribution in [3.05, 3.63) is 52.6 Å². The van der Waals surface area contributed by atoms with Gasteiger partial charge in [0.1, 0.15) is 5.76 Å². The normalized spacial score (nSPS) is 10.6. The Morgan fingerprint density at radius 1 is 1.64 bits per heavy atom. The van der Waals surface area contributed by atoms with Crippen molar-refractivity contribution in [2.45, 2.75) is 12.8 Å². The molecule has 0 atom stereocenters. The van der Waals surface area contributed by atoms with E-state index in [0.717, 1.165) is 24.8 Å². The summed E-state index contributed by atoms with van der Waals surface area (Å²) in [6.45, 7) is 3.60. The Labute approximate surface area is 81.7 Å². The lowest BCUT2D eigenvalue weighted by Crippen LogP contribution is -1.81. The molecule has 0 saturated heterocycles. The van der Waals surface area contributed by atoms with Gasteiger partial charge in [-0.15, -0.1) is 6.58 Å². The van der Waals surface area contributed by atoms with Crippen molar-refractivity contribution < 1.29 is 9.34 Å². The zero-order chi connectivity index (χ0) is 10.4. The number of allylic oxidation sites excluding steroid dienone is 1. The Balaban J connectivity index is 2.58. The molecular formula is C10H11NO3. The first-order chi connectivity index (χ1) is 6.72. The molecule has 1 rings (SSSR count). The lowest BCUT2D eigenvalue weighted by Gasteiger charge is -1.87. The summed E-state index contributed by atoms with van der Waals surface area (Å²) in [6.07, 6.45) is 7.21. The highest BCUT2D eigenvalue weighted by atomic mass is 16.6. The van der Waals surface area contributed by atoms with E-state index in [1.807, 2.05) is 0 Å². The number of hydrogen-bond acceptors (Lipinski definition) is 3. The van der Waals surface area contributed by atoms with Crippen LogP contribution in [0.15, 0.2) is 35.6 Å². The van der Waals surface area contributed by atoms with Gasteiger partial charge in [-0.25, -0.2) is 0 Å². The second-order valence-corrected chi connectivity index (χ2v) is 2.77. The molecule has 0 aliphatic carbocycles. The summed E-state index contributed by atoms with van der Waals surface area (Å²) >= 11 is 0. The van der Waals surface area contributed by atoms with Crippen LogP contribution < -0.4 is 0 Å². The number of nitro groups is 1. The largest absolute Gasteiger partial charge is 0.469 e. The Morgan fingerprint density at radius 3 is 3.07 bits per heavy atom. The van der Waals surface area contributed by atoms with E-state index in [9.17, 15) is 10.1 Å². The number of furan rings is 1. The molecule has 1 aromatic rings. The third-order valence-electron chi connectivity index (χ3n) is 1.66. The molecule has 0 fully saturated rings. The molecule has 0 bridgehead atoms. The van der Waals surface area contributed by atoms with Gasteiger partial charge in [0.15, 0.2) is 0 Å². The maximum Gasteiger partial charge on any atom is 0.235 e. The first-order valence-electron chi connectivity index (χ1n) is 4.22. The predicted octanol–water partition coefficient (Wildman–Crippen LogP) is 2.65. The maximum atomic E-state index is 10.0. The number of hydrogen-bond donors (Lipinski definition) is 0. The van der Waals surface area contributed by atoms with E-state index in [1.165, 1.54) is 12.3 Å². The van der Waals surface area contributed by atoms with Crippen LogP contribution in [0.3, 0.4) is 0 Å². The van der Waals surface area contributed by atoms with Crippen LogP contribution in [0.5, 0.6) is 0 Å². The van der Waals surface area contributed by atoms with Crippen LogP contribution >= 0.6 is 0 Å². The molecule has 14 heavy (non-hydrogen) atoms. The van der Waals surface area contributed by atoms with Crippen molar-refractivity contribution in [2.24, 2.45) is 0 Å². The first kappa shape index (κ1) is 10.2. The highest BCUT2D eigenvalue weighted by Gasteiger charge is 1.99. The monoisotopic (exact) mass is 193 g/mol. The molecule has 0 aliphatic rings. The SMILES string of the molecule is C=CCCc1cc(/C=C/[N+](=O)[O-])co1. The second-order valence-electron chi connectivity index (χ2n) is 2.77. The fourth-order valence-electron chi connectivity index (χ4n) is 1.01. The van der Waals surface area contributed by atoms with Crippen LogP contribution in [0.25, 0.3) is 6.08 Å². The zero-order valence-electron chi connectivity index (χ0n) is 7.68. The van der Waals surface area contributed by atoms with Gasteiger partial charge < -0.3 is 4.42 Å². The van der Waals surface area contributed by atoms with Crippen LogP contribution in [0.4, 0.5) is 0 Å². The third-order valence-corrected chi connectivity index (χ3v) is 1.66. The molecule has 74 valence electrons. The van der Waals surface area contributed by atoms with Gasteiger partial charge in [0.05, 0.1) is 11.2 Å². The summed E-state index contributed by atoms with van der Waals surface area (Å²) in [5.41, 5.74) is 0.709. The molecule has 4 heteroatoms. The minimum atomic E-state index is -0.504. The fourth-order valence-corrected chi connectivity index (χ4v) is 1.01. The van der Waals surface area contributed by atoms with E-state index in [1.54, 1.807) is 12.1 Å². The van der Waals surface area contributed by atoms with E-state index >= 15 is 0 Å². The van der Waals surface area contributed by atoms with E-state index in [2.05, 4.69) is 6.58 Å². The lowest BCUT2D eigenvalue weighted by molar-refractivity contribution is -0.400. The van der Waals surface area contributed by atoms with Crippen LogP contribution in [0, 0.1) is 10.1 Å². The van der Waals surface area contributed by atoms with E-state index < -0.39 is 4.92 Å². The van der Waals surface area contributed by atoms with Gasteiger partial charge in [0.2, 0.25) is 6.20 Å². The van der Waals surface area contributed by atoms with Crippen LogP contribution in [-0.2, 0) is 6.42 Å². The van der Waals surface area contributed by atoms with Gasteiger partial charge in [-0.05, 0) is 12.5 Å². The zero-order valence-corrected chi connectivity index (χ0v) is 7.68. The molecule has 4 nitrogen and oxygen atoms in total. The van der Waals surface area contributed by atoms with Crippen molar-refractivity contribution in [1.29, 1.82) is 0 Å². The average Bonchev–Trinajstić information content (AvgIpc) is 2.59. The van der Waals surface area contributed by atoms with E-state index in [4.69, 9.17) is 4.42 Å². The average molecular weight is 193 g/mol. The Morgan fingerprint density at radius 2 is 2.43 bits per heavy atom. The summed E-state index contributed by atoms with van der Waals surface area (Å²) in [5.74, 6) is 0.813. The predicted molar refractivity (Wildman–Crippen MR) is 53.3 cm³/mol. The molecule has 0 amide bonds. The van der Waals surface area contributed by atoms with Gasteiger partial charge in [0, 0.05) is 18.1 Å². The van der Waals surface area contributed by atoms with E-state index in [-0.39, 0.29) is 0 Å². The minimum Gasteiger partial charge on any atom is -0.469 e. The fraction of sp³-hybridized carbons (Fsp3) is 0.200. The molecule has 0 N–H and O–H groups in total. The van der Waals surface area contributed by atoms with Crippen molar-refractivity contribution in [1.82, 2.24) is 0 Å². The Hall–Kier alpha value is -1.84. The number of nitrogens with zero attached hydrogens (tertiary/aromatic N) is 1. The topological polar surface area (TPSA) is 56.3 Å². The number of aryl methyl sites for hydroxylation is 1. The second kappa shape index (κ2) is 5.01. The third kappa shape index (κ3) is 3.26. The highest BCUT2D eigenvalue weighted by molar-refractivity contribution is 5.46. The smallest absolute Gasteiger partial charge is 0.235 e. The first-order valence-corrected chi connectivity index (χ1v) is 4.22. The minimum absolute atomic E-state index is 0.504. The molecule has 0 aromatic carbocycles. The van der Waals surface area contributed by atoms with Gasteiger partial charge in [0.25, 0.3) is 0 Å². The van der Waals surface area contributed by atoms with Crippen LogP contribution in [-0.4, -0.2) is 4.92 Å². The molecule has 0 spiro atoms. The van der Waals surface area contributed by atoms with Crippen molar-refractivity contribution >= 4 is 6.08 Å². The molecule has 1 aromatic heterocycles. The van der Waals surface area contributed by atoms with Gasteiger partial charge in [-0.3, -0.25) is 10.1 Å². The van der Waals surface area contributed by atoms with Crippen LogP contribution in [0.2, 0.25) is 0 Å². The maximum absolute atomic E-state index is 10.0. The molecule has 1 heterocycles. The Bertz CT molecular complexity index is 352. The van der Waals surface area contributed by atoms with Crippen molar-refractivity contribution in [2.75, 3.05) is 0 Å². The molecule has 0 unspecified atom stereocenters. The van der Waals surface area contributed by atoms with Gasteiger partial charge in [-0.2, -0.15) is 0 Å². The molecular weight excluding hydrogens is 182 g/mol. The molecule has 0 aliphatic heterocycles. The summed E-state index contributed by atoms with van der Waals surface area (Å²) in [5, 5.41) is 10.0. The molecule has 0 saturated carbocycles. The van der Waals surface area contributed by atoms with Gasteiger partial charge >= 0.3 is 0 Å². The van der Waals surface area contributed by atoms with E-state index in [0.29, 0.717) is 5.56 Å². The van der Waals surface area contributed by atoms with Crippen LogP contribution in [0.1, 0.15) is 17.7 Å². The van der Waals surface area contributed by atoms with Gasteiger partial charge in [-0.1, -0.05) is 6.08 Å². The molecule has 0 radical (unpaired) electrons. The summed E-state index contributed by atoms with van der Waals surface area (Å²) in [6, 6.07) is 1.78. The standard InChI is InChI=1S/C10H11NO3/c1-2-3-4-10-7-9(8-14-10)5-6-11(12)13/h2,5-8H,1,3-4H2/b6-5+. The summed E-state index contributed by atoms with van der Waals surface area (Å²) in [4.78, 5) is 9.52. The highest BCUT2D eigenvalue weighted by Crippen LogP contribution is 2.11. The lowest BCUT2D eigenvalue weighted by atomic mass is 10.2. The Kier molecular flexibility index (Phi) is 3.67. The van der Waals surface area contributed by atoms with Crippen molar-refractivity contribution in [3.8, 4) is 0 Å². The quantitative estimate of drug-likeness (QED) is 0.410. The van der Waals surface area contributed by atoms with Crippen molar-refractivity contribution in [3.63, 3.8) is 0 Å². The number of rotatable bonds is 5. The summed E-state index contributed by atoms with van der Waals surface area (Å²) in [7, 11) is 0. The summed E-state index contributed by atoms with van der Waals surface area (Å²) < 4.78 is 5.18.